The van der Waals surface area contributed by atoms with Gasteiger partial charge in [0.15, 0.2) is 0 Å². The van der Waals surface area contributed by atoms with Gasteiger partial charge < -0.3 is 0 Å². The zero-order valence-electron chi connectivity index (χ0n) is 8.62. The van der Waals surface area contributed by atoms with Crippen LogP contribution < -0.4 is 0 Å². The van der Waals surface area contributed by atoms with E-state index in [1.165, 1.54) is 5.56 Å². The normalized spacial score (nSPS) is 12.6. The van der Waals surface area contributed by atoms with E-state index >= 15 is 0 Å². The van der Waals surface area contributed by atoms with Gasteiger partial charge in [0.2, 0.25) is 0 Å². The fourth-order valence-electron chi connectivity index (χ4n) is 0.965. The molecule has 0 fully saturated rings. The molecule has 0 bridgehead atoms. The Balaban J connectivity index is 2.40. The van der Waals surface area contributed by atoms with Gasteiger partial charge in [-0.2, -0.15) is 5.11 Å². The molecule has 0 amide bonds. The molecule has 1 aromatic carbocycles. The molecule has 0 aromatic heterocycles. The summed E-state index contributed by atoms with van der Waals surface area (Å²) in [4.78, 5) is 0. The third-order valence-electron chi connectivity index (χ3n) is 1.60. The number of hydrogen-bond acceptors (Lipinski definition) is 2. The third-order valence-corrected chi connectivity index (χ3v) is 1.60. The summed E-state index contributed by atoms with van der Waals surface area (Å²) in [6, 6.07) is 10.1. The molecule has 0 unspecified atom stereocenters. The molecular weight excluding hydrogens is 186 g/mol. The number of rotatable bonds is 4. The molecule has 0 aliphatic carbocycles. The molecule has 0 N–H and O–H groups in total. The van der Waals surface area contributed by atoms with Crippen LogP contribution in [0.4, 0.5) is 0 Å². The maximum absolute atomic E-state index is 3.65. The smallest absolute Gasteiger partial charge is 0.0513 e. The fraction of sp³-hybridized carbons (Fsp3) is 0.0833. The highest BCUT2D eigenvalue weighted by Crippen LogP contribution is 2.00. The molecule has 76 valence electrons. The molecule has 0 saturated heterocycles. The Bertz CT molecular complexity index is 375. The summed E-state index contributed by atoms with van der Waals surface area (Å²) in [5.41, 5.74) is 1.17. The molecule has 1 aromatic rings. The van der Waals surface area contributed by atoms with Crippen LogP contribution in [0.15, 0.2) is 64.0 Å². The van der Waals surface area contributed by atoms with E-state index in [2.05, 4.69) is 15.4 Å². The second kappa shape index (κ2) is 7.38. The van der Waals surface area contributed by atoms with Crippen molar-refractivity contribution < 1.29 is 0 Å². The Morgan fingerprint density at radius 1 is 1.00 bits per heavy atom. The van der Waals surface area contributed by atoms with Crippen LogP contribution in [0.25, 0.3) is 6.08 Å². The van der Waals surface area contributed by atoms with Crippen LogP contribution in [0.3, 0.4) is 0 Å². The van der Waals surface area contributed by atoms with Gasteiger partial charge in [-0.1, -0.05) is 48.6 Å². The van der Waals surface area contributed by atoms with Crippen LogP contribution in [0.1, 0.15) is 5.56 Å². The van der Waals surface area contributed by atoms with E-state index in [1.807, 2.05) is 48.6 Å². The highest BCUT2D eigenvalue weighted by atomic mass is 15.3. The van der Waals surface area contributed by atoms with Crippen molar-refractivity contribution in [2.24, 2.45) is 15.4 Å². The lowest BCUT2D eigenvalue weighted by molar-refractivity contribution is 1.03. The zero-order valence-corrected chi connectivity index (χ0v) is 8.62. The molecule has 3 nitrogen and oxygen atoms in total. The fourth-order valence-corrected chi connectivity index (χ4v) is 0.965. The van der Waals surface area contributed by atoms with Crippen LogP contribution in [0.5, 0.6) is 0 Å². The van der Waals surface area contributed by atoms with Crippen molar-refractivity contribution in [2.45, 2.75) is 0 Å². The minimum atomic E-state index is 1.17. The Kier molecular flexibility index (Phi) is 5.44. The number of allylic oxidation sites excluding steroid dienone is 3. The van der Waals surface area contributed by atoms with E-state index in [1.54, 1.807) is 19.3 Å². The van der Waals surface area contributed by atoms with Crippen molar-refractivity contribution >= 4 is 12.3 Å². The van der Waals surface area contributed by atoms with E-state index in [-0.39, 0.29) is 0 Å². The van der Waals surface area contributed by atoms with Gasteiger partial charge in [-0.05, 0) is 16.9 Å². The van der Waals surface area contributed by atoms with Crippen molar-refractivity contribution in [1.82, 2.24) is 0 Å². The zero-order chi connectivity index (χ0) is 10.8. The average molecular weight is 199 g/mol. The highest BCUT2D eigenvalue weighted by Gasteiger charge is 1.78. The molecular formula is C12H13N3. The largest absolute Gasteiger partial charge is 0.172 e. The minimum absolute atomic E-state index is 1.17. The summed E-state index contributed by atoms with van der Waals surface area (Å²) in [6.45, 7) is 0. The molecule has 15 heavy (non-hydrogen) atoms. The Morgan fingerprint density at radius 2 is 1.80 bits per heavy atom. The molecule has 3 heteroatoms. The Morgan fingerprint density at radius 3 is 2.53 bits per heavy atom. The van der Waals surface area contributed by atoms with E-state index in [4.69, 9.17) is 0 Å². The van der Waals surface area contributed by atoms with Crippen molar-refractivity contribution in [2.75, 3.05) is 7.05 Å². The number of benzene rings is 1. The lowest BCUT2D eigenvalue weighted by Gasteiger charge is -1.87. The van der Waals surface area contributed by atoms with Gasteiger partial charge >= 0.3 is 0 Å². The molecule has 0 heterocycles. The molecule has 0 saturated carbocycles. The molecule has 1 rings (SSSR count). The molecule has 0 spiro atoms. The minimum Gasteiger partial charge on any atom is -0.172 e. The first-order valence-electron chi connectivity index (χ1n) is 4.64. The van der Waals surface area contributed by atoms with Gasteiger partial charge in [0, 0.05) is 0 Å². The quantitative estimate of drug-likeness (QED) is 0.309. The maximum atomic E-state index is 3.65. The SMILES string of the molecule is CN=N/N=C/C=C/C=C/c1ccccc1. The first kappa shape index (κ1) is 11.0. The Labute approximate surface area is 89.6 Å². The summed E-state index contributed by atoms with van der Waals surface area (Å²) < 4.78 is 0. The topological polar surface area (TPSA) is 37.1 Å². The standard InChI is InChI=1S/C12H13N3/c1-13-15-14-11-7-3-6-10-12-8-4-2-5-9-12/h2-11H,1H3/b7-3+,10-6+,14-11+,15-13?. The molecule has 0 aliphatic heterocycles. The summed E-state index contributed by atoms with van der Waals surface area (Å²) in [6.07, 6.45) is 9.24. The maximum Gasteiger partial charge on any atom is 0.0513 e. The van der Waals surface area contributed by atoms with Crippen LogP contribution in [-0.2, 0) is 0 Å². The van der Waals surface area contributed by atoms with Crippen LogP contribution >= 0.6 is 0 Å². The molecule has 0 atom stereocenters. The molecule has 0 aliphatic rings. The van der Waals surface area contributed by atoms with Gasteiger partial charge in [-0.3, -0.25) is 0 Å². The lowest BCUT2D eigenvalue weighted by atomic mass is 10.2. The predicted octanol–water partition coefficient (Wildman–Crippen LogP) is 3.32. The third kappa shape index (κ3) is 5.31. The van der Waals surface area contributed by atoms with Gasteiger partial charge in [0.25, 0.3) is 0 Å². The van der Waals surface area contributed by atoms with E-state index < -0.39 is 0 Å². The van der Waals surface area contributed by atoms with Gasteiger partial charge in [0.05, 0.1) is 13.3 Å². The van der Waals surface area contributed by atoms with Crippen LogP contribution in [-0.4, -0.2) is 13.3 Å². The van der Waals surface area contributed by atoms with Gasteiger partial charge in [0.1, 0.15) is 0 Å². The number of nitrogens with zero attached hydrogens (tertiary/aromatic N) is 3. The Hall–Kier alpha value is -2.03. The van der Waals surface area contributed by atoms with Crippen molar-refractivity contribution in [3.05, 3.63) is 54.1 Å². The van der Waals surface area contributed by atoms with Crippen LogP contribution in [0.2, 0.25) is 0 Å². The highest BCUT2D eigenvalue weighted by molar-refractivity contribution is 5.71. The summed E-state index contributed by atoms with van der Waals surface area (Å²) in [7, 11) is 1.58. The molecule has 0 radical (unpaired) electrons. The van der Waals surface area contributed by atoms with Gasteiger partial charge in [-0.15, -0.1) is 5.10 Å². The predicted molar refractivity (Wildman–Crippen MR) is 63.9 cm³/mol. The van der Waals surface area contributed by atoms with E-state index in [0.29, 0.717) is 0 Å². The van der Waals surface area contributed by atoms with Crippen molar-refractivity contribution in [1.29, 1.82) is 0 Å². The van der Waals surface area contributed by atoms with Crippen LogP contribution in [0, 0.1) is 0 Å². The summed E-state index contributed by atoms with van der Waals surface area (Å²) in [5, 5.41) is 10.6. The first-order valence-corrected chi connectivity index (χ1v) is 4.64. The average Bonchev–Trinajstić information content (AvgIpc) is 2.29. The van der Waals surface area contributed by atoms with Crippen molar-refractivity contribution in [3.8, 4) is 0 Å². The summed E-state index contributed by atoms with van der Waals surface area (Å²) in [5.74, 6) is 0. The van der Waals surface area contributed by atoms with E-state index in [9.17, 15) is 0 Å². The first-order chi connectivity index (χ1) is 7.43. The second-order valence-corrected chi connectivity index (χ2v) is 2.71. The lowest BCUT2D eigenvalue weighted by Crippen LogP contribution is -1.67. The van der Waals surface area contributed by atoms with Crippen molar-refractivity contribution in [3.63, 3.8) is 0 Å². The monoisotopic (exact) mass is 199 g/mol. The van der Waals surface area contributed by atoms with E-state index in [0.717, 1.165) is 0 Å². The number of hydrogen-bond donors (Lipinski definition) is 0. The summed E-state index contributed by atoms with van der Waals surface area (Å²) >= 11 is 0. The second-order valence-electron chi connectivity index (χ2n) is 2.71. The van der Waals surface area contributed by atoms with Gasteiger partial charge in [-0.25, -0.2) is 0 Å².